The maximum absolute atomic E-state index is 14.4. The highest BCUT2D eigenvalue weighted by Crippen LogP contribution is 2.30. The molecule has 0 aliphatic carbocycles. The molecule has 1 atom stereocenters. The number of benzene rings is 1. The van der Waals surface area contributed by atoms with E-state index < -0.39 is 29.8 Å². The highest BCUT2D eigenvalue weighted by Gasteiger charge is 2.38. The van der Waals surface area contributed by atoms with Crippen LogP contribution in [-0.4, -0.2) is 61.3 Å². The van der Waals surface area contributed by atoms with Crippen LogP contribution < -0.4 is 10.2 Å². The second-order valence-corrected chi connectivity index (χ2v) is 7.23. The van der Waals surface area contributed by atoms with Crippen molar-refractivity contribution in [2.24, 2.45) is 0 Å². The zero-order valence-corrected chi connectivity index (χ0v) is 16.2. The van der Waals surface area contributed by atoms with Gasteiger partial charge in [-0.2, -0.15) is 0 Å². The quantitative estimate of drug-likeness (QED) is 0.812. The molecule has 2 rings (SSSR count). The van der Waals surface area contributed by atoms with Crippen molar-refractivity contribution in [2.75, 3.05) is 37.5 Å². The molecule has 150 valence electrons. The third kappa shape index (κ3) is 4.79. The maximum atomic E-state index is 14.4. The predicted molar refractivity (Wildman–Crippen MR) is 98.3 cm³/mol. The minimum absolute atomic E-state index is 0.0332. The summed E-state index contributed by atoms with van der Waals surface area (Å²) < 4.78 is 24.9. The molecule has 27 heavy (non-hydrogen) atoms. The number of hydrogen-bond donors (Lipinski definition) is 2. The first kappa shape index (κ1) is 20.8. The number of ether oxygens (including phenoxy) is 2. The summed E-state index contributed by atoms with van der Waals surface area (Å²) in [5, 5.41) is 11.9. The molecule has 1 aromatic carbocycles. The Labute approximate surface area is 157 Å². The van der Waals surface area contributed by atoms with Gasteiger partial charge in [0.2, 0.25) is 0 Å². The van der Waals surface area contributed by atoms with Gasteiger partial charge in [0.25, 0.3) is 0 Å². The normalized spacial score (nSPS) is 16.9. The molecule has 1 aliphatic rings. The maximum Gasteiger partial charge on any atom is 0.416 e. The number of anilines is 2. The molecule has 0 radical (unpaired) electrons. The average Bonchev–Trinajstić information content (AvgIpc) is 2.94. The Hall–Kier alpha value is -2.55. The molecule has 2 N–H and O–H groups in total. The summed E-state index contributed by atoms with van der Waals surface area (Å²) in [5.74, 6) is -0.546. The van der Waals surface area contributed by atoms with Crippen LogP contribution in [0.15, 0.2) is 12.1 Å². The van der Waals surface area contributed by atoms with Crippen LogP contribution in [0.1, 0.15) is 26.3 Å². The molecule has 0 saturated carbocycles. The van der Waals surface area contributed by atoms with E-state index in [1.165, 1.54) is 22.9 Å². The molecule has 9 heteroatoms. The number of aliphatic hydroxyl groups excluding tert-OH is 1. The molecular weight excluding hydrogens is 357 g/mol. The van der Waals surface area contributed by atoms with E-state index >= 15 is 0 Å². The van der Waals surface area contributed by atoms with Crippen LogP contribution in [0.5, 0.6) is 0 Å². The lowest BCUT2D eigenvalue weighted by Gasteiger charge is -2.27. The molecule has 2 amide bonds. The summed E-state index contributed by atoms with van der Waals surface area (Å²) in [5.41, 5.74) is 0.411. The molecule has 8 nitrogen and oxygen atoms in total. The molecular formula is C18H26FN3O5. The molecule has 1 heterocycles. The number of rotatable bonds is 5. The van der Waals surface area contributed by atoms with E-state index in [9.17, 15) is 19.1 Å². The predicted octanol–water partition coefficient (Wildman–Crippen LogP) is 2.55. The first-order chi connectivity index (χ1) is 12.6. The summed E-state index contributed by atoms with van der Waals surface area (Å²) in [6, 6.07) is 2.83. The number of halogens is 1. The topological polar surface area (TPSA) is 91.3 Å². The van der Waals surface area contributed by atoms with Crippen molar-refractivity contribution in [3.8, 4) is 0 Å². The lowest BCUT2D eigenvalue weighted by atomic mass is 10.1. The van der Waals surface area contributed by atoms with Gasteiger partial charge >= 0.3 is 12.2 Å². The highest BCUT2D eigenvalue weighted by molar-refractivity contribution is 5.90. The Balaban J connectivity index is 2.21. The lowest BCUT2D eigenvalue weighted by Crippen LogP contribution is -2.42. The van der Waals surface area contributed by atoms with Gasteiger partial charge in [0.1, 0.15) is 11.4 Å². The molecule has 1 fully saturated rings. The van der Waals surface area contributed by atoms with E-state index in [4.69, 9.17) is 9.47 Å². The number of nitrogens with one attached hydrogen (secondary N) is 1. The van der Waals surface area contributed by atoms with Crippen molar-refractivity contribution in [3.05, 3.63) is 23.5 Å². The third-order valence-corrected chi connectivity index (χ3v) is 4.01. The second kappa shape index (κ2) is 7.99. The van der Waals surface area contributed by atoms with Crippen LogP contribution in [-0.2, 0) is 15.9 Å². The number of amides is 2. The number of likely N-dealkylation sites (N-methyl/N-ethyl adjacent to an activating group) is 1. The summed E-state index contributed by atoms with van der Waals surface area (Å²) in [4.78, 5) is 26.9. The Morgan fingerprint density at radius 3 is 2.70 bits per heavy atom. The van der Waals surface area contributed by atoms with Gasteiger partial charge in [-0.15, -0.1) is 0 Å². The van der Waals surface area contributed by atoms with Gasteiger partial charge in [0.15, 0.2) is 6.23 Å². The van der Waals surface area contributed by atoms with Crippen molar-refractivity contribution < 1.29 is 28.6 Å². The first-order valence-corrected chi connectivity index (χ1v) is 8.62. The minimum atomic E-state index is -0.860. The zero-order chi connectivity index (χ0) is 20.4. The molecule has 1 aliphatic heterocycles. The van der Waals surface area contributed by atoms with E-state index in [-0.39, 0.29) is 25.3 Å². The van der Waals surface area contributed by atoms with Crippen LogP contribution in [0, 0.1) is 5.82 Å². The summed E-state index contributed by atoms with van der Waals surface area (Å²) >= 11 is 0. The summed E-state index contributed by atoms with van der Waals surface area (Å²) in [7, 11) is 3.05. The van der Waals surface area contributed by atoms with E-state index in [0.717, 1.165) is 0 Å². The van der Waals surface area contributed by atoms with Gasteiger partial charge in [-0.25, -0.2) is 14.0 Å². The third-order valence-electron chi connectivity index (χ3n) is 4.01. The highest BCUT2D eigenvalue weighted by atomic mass is 19.1. The summed E-state index contributed by atoms with van der Waals surface area (Å²) in [6.07, 6.45) is -1.95. The van der Waals surface area contributed by atoms with E-state index in [2.05, 4.69) is 5.32 Å². The Morgan fingerprint density at radius 1 is 1.48 bits per heavy atom. The lowest BCUT2D eigenvalue weighted by molar-refractivity contribution is -0.00992. The number of aliphatic hydroxyl groups is 1. The molecule has 1 saturated heterocycles. The van der Waals surface area contributed by atoms with Crippen LogP contribution in [0.2, 0.25) is 0 Å². The average molecular weight is 383 g/mol. The molecule has 0 bridgehead atoms. The number of carbonyl (C=O) groups is 2. The molecule has 1 aromatic rings. The van der Waals surface area contributed by atoms with Crippen molar-refractivity contribution in [1.29, 1.82) is 0 Å². The van der Waals surface area contributed by atoms with Crippen molar-refractivity contribution in [1.82, 2.24) is 4.90 Å². The number of nitrogens with zero attached hydrogens (tertiary/aromatic N) is 2. The molecule has 0 unspecified atom stereocenters. The fourth-order valence-electron chi connectivity index (χ4n) is 2.71. The number of hydrogen-bond acceptors (Lipinski definition) is 6. The van der Waals surface area contributed by atoms with Crippen molar-refractivity contribution in [3.63, 3.8) is 0 Å². The van der Waals surface area contributed by atoms with E-state index in [0.29, 0.717) is 11.3 Å². The number of carbonyl (C=O) groups excluding carboxylic acids is 2. The standard InChI is InChI=1S/C18H26FN3O5/c1-18(2,3)27-16(24)21(5)14-10-22(17(25)26-14)12-8-11(6-7-23)15(20-4)13(19)9-12/h8-9,14,20,23H,6-7,10H2,1-5H3/t14-/m0/s1. The minimum Gasteiger partial charge on any atom is -0.444 e. The van der Waals surface area contributed by atoms with Crippen LogP contribution >= 0.6 is 0 Å². The second-order valence-electron chi connectivity index (χ2n) is 7.23. The summed E-state index contributed by atoms with van der Waals surface area (Å²) in [6.45, 7) is 5.08. The van der Waals surface area contributed by atoms with Gasteiger partial charge in [-0.3, -0.25) is 9.80 Å². The monoisotopic (exact) mass is 383 g/mol. The van der Waals surface area contributed by atoms with Gasteiger partial charge in [0, 0.05) is 20.7 Å². The fraction of sp³-hybridized carbons (Fsp3) is 0.556. The van der Waals surface area contributed by atoms with E-state index in [1.807, 2.05) is 0 Å². The van der Waals surface area contributed by atoms with Gasteiger partial charge in [-0.1, -0.05) is 0 Å². The van der Waals surface area contributed by atoms with Crippen LogP contribution in [0.4, 0.5) is 25.4 Å². The van der Waals surface area contributed by atoms with Gasteiger partial charge in [0.05, 0.1) is 17.9 Å². The van der Waals surface area contributed by atoms with Crippen LogP contribution in [0.25, 0.3) is 0 Å². The molecule has 0 spiro atoms. The van der Waals surface area contributed by atoms with Gasteiger partial charge < -0.3 is 19.9 Å². The van der Waals surface area contributed by atoms with Crippen molar-refractivity contribution >= 4 is 23.6 Å². The van der Waals surface area contributed by atoms with Gasteiger partial charge in [-0.05, 0) is 44.9 Å². The largest absolute Gasteiger partial charge is 0.444 e. The Morgan fingerprint density at radius 2 is 2.15 bits per heavy atom. The Bertz CT molecular complexity index is 720. The van der Waals surface area contributed by atoms with Crippen LogP contribution in [0.3, 0.4) is 0 Å². The SMILES string of the molecule is CNc1c(F)cc(N2C[C@@H](N(C)C(=O)OC(C)(C)C)OC2=O)cc1CCO. The zero-order valence-electron chi connectivity index (χ0n) is 16.2. The smallest absolute Gasteiger partial charge is 0.416 e. The fourth-order valence-corrected chi connectivity index (χ4v) is 2.71. The Kier molecular flexibility index (Phi) is 6.15. The van der Waals surface area contributed by atoms with Crippen molar-refractivity contribution in [2.45, 2.75) is 39.0 Å². The number of cyclic esters (lactones) is 1. The van der Waals surface area contributed by atoms with E-state index in [1.54, 1.807) is 33.9 Å². The first-order valence-electron chi connectivity index (χ1n) is 8.62. The molecule has 0 aromatic heterocycles.